The van der Waals surface area contributed by atoms with E-state index in [9.17, 15) is 9.90 Å². The van der Waals surface area contributed by atoms with Crippen LogP contribution in [0.15, 0.2) is 42.5 Å². The van der Waals surface area contributed by atoms with Crippen LogP contribution in [-0.2, 0) is 6.42 Å². The van der Waals surface area contributed by atoms with Crippen LogP contribution < -0.4 is 4.90 Å². The first-order chi connectivity index (χ1) is 12.8. The molecule has 1 aliphatic rings. The number of aryl methyl sites for hydroxylation is 2. The third kappa shape index (κ3) is 5.30. The molecule has 0 unspecified atom stereocenters. The van der Waals surface area contributed by atoms with Gasteiger partial charge in [0.15, 0.2) is 0 Å². The van der Waals surface area contributed by atoms with Gasteiger partial charge in [-0.3, -0.25) is 4.79 Å². The van der Waals surface area contributed by atoms with Crippen molar-refractivity contribution in [2.24, 2.45) is 0 Å². The van der Waals surface area contributed by atoms with Gasteiger partial charge in [0, 0.05) is 37.4 Å². The molecule has 1 aliphatic heterocycles. The Morgan fingerprint density at radius 2 is 1.81 bits per heavy atom. The predicted octanol–water partition coefficient (Wildman–Crippen LogP) is 3.06. The van der Waals surface area contributed by atoms with Crippen molar-refractivity contribution in [2.45, 2.75) is 39.2 Å². The highest BCUT2D eigenvalue weighted by Crippen LogP contribution is 2.18. The second-order valence-corrected chi connectivity index (χ2v) is 7.93. The Labute approximate surface area is 161 Å². The van der Waals surface area contributed by atoms with Crippen molar-refractivity contribution in [3.63, 3.8) is 0 Å². The number of carbonyl (C=O) groups is 1. The van der Waals surface area contributed by atoms with E-state index in [1.165, 1.54) is 0 Å². The van der Waals surface area contributed by atoms with E-state index in [0.29, 0.717) is 19.5 Å². The molecule has 1 fully saturated rings. The number of pyridine rings is 1. The monoisotopic (exact) mass is 367 g/mol. The smallest absolute Gasteiger partial charge is 0.253 e. The molecule has 0 saturated carbocycles. The minimum atomic E-state index is -0.694. The normalized spacial score (nSPS) is 15.1. The zero-order valence-electron chi connectivity index (χ0n) is 16.5. The molecule has 5 nitrogen and oxygen atoms in total. The number of carbonyl (C=O) groups excluding carboxylic acids is 1. The van der Waals surface area contributed by atoms with Crippen molar-refractivity contribution in [2.75, 3.05) is 31.1 Å². The van der Waals surface area contributed by atoms with E-state index >= 15 is 0 Å². The quantitative estimate of drug-likeness (QED) is 0.882. The van der Waals surface area contributed by atoms with Gasteiger partial charge in [-0.05, 0) is 63.4 Å². The van der Waals surface area contributed by atoms with Crippen LogP contribution in [0.2, 0.25) is 0 Å². The van der Waals surface area contributed by atoms with E-state index in [1.54, 1.807) is 0 Å². The van der Waals surface area contributed by atoms with Gasteiger partial charge in [0.2, 0.25) is 0 Å². The summed E-state index contributed by atoms with van der Waals surface area (Å²) >= 11 is 0. The van der Waals surface area contributed by atoms with Gasteiger partial charge in [0.1, 0.15) is 5.82 Å². The van der Waals surface area contributed by atoms with Crippen molar-refractivity contribution in [1.29, 1.82) is 0 Å². The van der Waals surface area contributed by atoms with Crippen molar-refractivity contribution < 1.29 is 9.90 Å². The topological polar surface area (TPSA) is 56.7 Å². The third-order valence-electron chi connectivity index (χ3n) is 4.96. The summed E-state index contributed by atoms with van der Waals surface area (Å²) in [5, 5.41) is 9.91. The molecule has 1 saturated heterocycles. The lowest BCUT2D eigenvalue weighted by atomic mass is 9.97. The molecule has 2 aromatic rings. The van der Waals surface area contributed by atoms with Gasteiger partial charge in [-0.15, -0.1) is 0 Å². The number of anilines is 1. The van der Waals surface area contributed by atoms with Gasteiger partial charge < -0.3 is 14.9 Å². The zero-order valence-corrected chi connectivity index (χ0v) is 16.5. The number of aromatic nitrogens is 1. The second kappa shape index (κ2) is 8.09. The van der Waals surface area contributed by atoms with Crippen molar-refractivity contribution in [1.82, 2.24) is 9.88 Å². The fraction of sp³-hybridized carbons (Fsp3) is 0.455. The fourth-order valence-electron chi connectivity index (χ4n) is 3.34. The molecule has 0 bridgehead atoms. The molecule has 5 heteroatoms. The number of hydrogen-bond acceptors (Lipinski definition) is 4. The summed E-state index contributed by atoms with van der Waals surface area (Å²) in [6, 6.07) is 13.8. The first kappa shape index (κ1) is 19.4. The van der Waals surface area contributed by atoms with Crippen LogP contribution in [0.3, 0.4) is 0 Å². The van der Waals surface area contributed by atoms with Crippen LogP contribution in [0.5, 0.6) is 0 Å². The number of hydrogen-bond donors (Lipinski definition) is 1. The molecule has 0 aliphatic carbocycles. The van der Waals surface area contributed by atoms with Gasteiger partial charge in [-0.1, -0.05) is 18.2 Å². The van der Waals surface area contributed by atoms with E-state index in [0.717, 1.165) is 42.1 Å². The van der Waals surface area contributed by atoms with Crippen LogP contribution in [0.4, 0.5) is 5.82 Å². The molecule has 0 spiro atoms. The minimum absolute atomic E-state index is 0.0805. The number of rotatable bonds is 5. The minimum Gasteiger partial charge on any atom is -0.390 e. The molecular formula is C22H29N3O2. The van der Waals surface area contributed by atoms with E-state index in [2.05, 4.69) is 9.88 Å². The highest BCUT2D eigenvalue weighted by atomic mass is 16.3. The number of benzene rings is 1. The maximum Gasteiger partial charge on any atom is 0.253 e. The predicted molar refractivity (Wildman–Crippen MR) is 108 cm³/mol. The lowest BCUT2D eigenvalue weighted by Gasteiger charge is -2.35. The Morgan fingerprint density at radius 1 is 1.11 bits per heavy atom. The SMILES string of the molecule is Cc1cccc(N2CCN(C(=O)c3cccc(CCC(C)(C)O)c3)CC2)n1. The number of amides is 1. The molecule has 27 heavy (non-hydrogen) atoms. The van der Waals surface area contributed by atoms with E-state index in [4.69, 9.17) is 0 Å². The van der Waals surface area contributed by atoms with Gasteiger partial charge in [-0.2, -0.15) is 0 Å². The fourth-order valence-corrected chi connectivity index (χ4v) is 3.34. The van der Waals surface area contributed by atoms with Crippen molar-refractivity contribution in [3.8, 4) is 0 Å². The van der Waals surface area contributed by atoms with Crippen LogP contribution in [0.25, 0.3) is 0 Å². The lowest BCUT2D eigenvalue weighted by Crippen LogP contribution is -2.49. The average Bonchev–Trinajstić information content (AvgIpc) is 2.66. The average molecular weight is 367 g/mol. The van der Waals surface area contributed by atoms with Gasteiger partial charge in [0.25, 0.3) is 5.91 Å². The number of piperazine rings is 1. The first-order valence-corrected chi connectivity index (χ1v) is 9.61. The Bertz CT molecular complexity index is 790. The molecule has 2 heterocycles. The first-order valence-electron chi connectivity index (χ1n) is 9.61. The second-order valence-electron chi connectivity index (χ2n) is 7.93. The Hall–Kier alpha value is -2.40. The Kier molecular flexibility index (Phi) is 5.80. The lowest BCUT2D eigenvalue weighted by molar-refractivity contribution is 0.0714. The molecule has 1 aromatic carbocycles. The van der Waals surface area contributed by atoms with Crippen LogP contribution in [-0.4, -0.2) is 52.7 Å². The van der Waals surface area contributed by atoms with Crippen LogP contribution in [0.1, 0.15) is 41.9 Å². The summed E-state index contributed by atoms with van der Waals surface area (Å²) < 4.78 is 0. The standard InChI is InChI=1S/C22H29N3O2/c1-17-6-4-9-20(23-17)24-12-14-25(15-13-24)21(26)19-8-5-7-18(16-19)10-11-22(2,3)27/h4-9,16,27H,10-15H2,1-3H3. The largest absolute Gasteiger partial charge is 0.390 e. The van der Waals surface area contributed by atoms with Gasteiger partial charge in [0.05, 0.1) is 5.60 Å². The molecule has 1 amide bonds. The summed E-state index contributed by atoms with van der Waals surface area (Å²) in [6.07, 6.45) is 1.43. The summed E-state index contributed by atoms with van der Waals surface area (Å²) in [6.45, 7) is 8.59. The maximum atomic E-state index is 12.9. The molecular weight excluding hydrogens is 338 g/mol. The molecule has 1 aromatic heterocycles. The molecule has 144 valence electrons. The Balaban J connectivity index is 1.61. The maximum absolute atomic E-state index is 12.9. The highest BCUT2D eigenvalue weighted by molar-refractivity contribution is 5.94. The van der Waals surface area contributed by atoms with Gasteiger partial charge in [-0.25, -0.2) is 4.98 Å². The number of aliphatic hydroxyl groups is 1. The van der Waals surface area contributed by atoms with Crippen LogP contribution >= 0.6 is 0 Å². The molecule has 3 rings (SSSR count). The molecule has 0 radical (unpaired) electrons. The summed E-state index contributed by atoms with van der Waals surface area (Å²) in [4.78, 5) is 21.6. The van der Waals surface area contributed by atoms with Crippen molar-refractivity contribution >= 4 is 11.7 Å². The van der Waals surface area contributed by atoms with Crippen molar-refractivity contribution in [3.05, 3.63) is 59.3 Å². The van der Waals surface area contributed by atoms with E-state index < -0.39 is 5.60 Å². The highest BCUT2D eigenvalue weighted by Gasteiger charge is 2.23. The summed E-state index contributed by atoms with van der Waals surface area (Å²) in [5.74, 6) is 1.06. The molecule has 0 atom stereocenters. The third-order valence-corrected chi connectivity index (χ3v) is 4.96. The molecule has 1 N–H and O–H groups in total. The van der Waals surface area contributed by atoms with E-state index in [-0.39, 0.29) is 5.91 Å². The Morgan fingerprint density at radius 3 is 2.48 bits per heavy atom. The summed E-state index contributed by atoms with van der Waals surface area (Å²) in [7, 11) is 0. The summed E-state index contributed by atoms with van der Waals surface area (Å²) in [5.41, 5.74) is 2.13. The van der Waals surface area contributed by atoms with Crippen LogP contribution in [0, 0.1) is 6.92 Å². The van der Waals surface area contributed by atoms with Gasteiger partial charge >= 0.3 is 0 Å². The number of nitrogens with zero attached hydrogens (tertiary/aromatic N) is 3. The van der Waals surface area contributed by atoms with E-state index in [1.807, 2.05) is 68.1 Å². The zero-order chi connectivity index (χ0) is 19.4.